The predicted octanol–water partition coefficient (Wildman–Crippen LogP) is 2.18. The van der Waals surface area contributed by atoms with Crippen LogP contribution < -0.4 is 0 Å². The summed E-state index contributed by atoms with van der Waals surface area (Å²) in [7, 11) is 0. The van der Waals surface area contributed by atoms with E-state index in [1.54, 1.807) is 18.5 Å². The van der Waals surface area contributed by atoms with E-state index in [0.717, 1.165) is 5.70 Å². The van der Waals surface area contributed by atoms with Crippen LogP contribution in [0.4, 0.5) is 0 Å². The van der Waals surface area contributed by atoms with Crippen LogP contribution in [-0.4, -0.2) is 26.3 Å². The maximum Gasteiger partial charge on any atom is 0.222 e. The van der Waals surface area contributed by atoms with Crippen molar-refractivity contribution in [2.45, 2.75) is 13.8 Å². The molecule has 2 aromatic heterocycles. The van der Waals surface area contributed by atoms with Crippen molar-refractivity contribution >= 4 is 22.8 Å². The van der Waals surface area contributed by atoms with Gasteiger partial charge in [0.25, 0.3) is 0 Å². The van der Waals surface area contributed by atoms with Crippen LogP contribution in [0.3, 0.4) is 0 Å². The molecular weight excluding hydrogens is 216 g/mol. The number of fused-ring (bicyclic) bond motifs is 1. The fourth-order valence-electron chi connectivity index (χ4n) is 1.57. The molecule has 0 amide bonds. The van der Waals surface area contributed by atoms with Crippen LogP contribution in [0.15, 0.2) is 29.7 Å². The number of aliphatic imine (C=N–C) groups is 1. The lowest BCUT2D eigenvalue weighted by atomic mass is 10.2. The molecule has 0 atom stereocenters. The van der Waals surface area contributed by atoms with Crippen molar-refractivity contribution in [2.24, 2.45) is 4.99 Å². The molecule has 2 aromatic rings. The van der Waals surface area contributed by atoms with Gasteiger partial charge in [0.15, 0.2) is 0 Å². The zero-order chi connectivity index (χ0) is 12.3. The SMILES string of the molecule is C/C=N\C(=C/C)c1nccc2c(O)ncnc12. The van der Waals surface area contributed by atoms with Gasteiger partial charge in [-0.25, -0.2) is 9.97 Å². The molecule has 0 aliphatic carbocycles. The number of nitrogens with zero attached hydrogens (tertiary/aromatic N) is 4. The fourth-order valence-corrected chi connectivity index (χ4v) is 1.57. The molecule has 5 nitrogen and oxygen atoms in total. The normalized spacial score (nSPS) is 12.5. The first-order valence-electron chi connectivity index (χ1n) is 5.22. The monoisotopic (exact) mass is 228 g/mol. The van der Waals surface area contributed by atoms with Gasteiger partial charge in [0.1, 0.15) is 17.5 Å². The van der Waals surface area contributed by atoms with Crippen molar-refractivity contribution in [1.82, 2.24) is 15.0 Å². The van der Waals surface area contributed by atoms with Crippen molar-refractivity contribution < 1.29 is 5.11 Å². The van der Waals surface area contributed by atoms with Crippen molar-refractivity contribution in [1.29, 1.82) is 0 Å². The number of pyridine rings is 1. The van der Waals surface area contributed by atoms with Crippen LogP contribution >= 0.6 is 0 Å². The number of allylic oxidation sites excluding steroid dienone is 1. The average molecular weight is 228 g/mol. The van der Waals surface area contributed by atoms with E-state index >= 15 is 0 Å². The molecule has 86 valence electrons. The highest BCUT2D eigenvalue weighted by Crippen LogP contribution is 2.25. The Morgan fingerprint density at radius 2 is 2.12 bits per heavy atom. The number of aromatic hydroxyl groups is 1. The highest BCUT2D eigenvalue weighted by atomic mass is 16.3. The van der Waals surface area contributed by atoms with E-state index in [2.05, 4.69) is 19.9 Å². The molecule has 2 rings (SSSR count). The van der Waals surface area contributed by atoms with Gasteiger partial charge in [-0.05, 0) is 19.9 Å². The van der Waals surface area contributed by atoms with E-state index < -0.39 is 0 Å². The quantitative estimate of drug-likeness (QED) is 0.800. The summed E-state index contributed by atoms with van der Waals surface area (Å²) in [6.07, 6.45) is 6.46. The summed E-state index contributed by atoms with van der Waals surface area (Å²) in [4.78, 5) is 16.4. The molecule has 5 heteroatoms. The second-order valence-corrected chi connectivity index (χ2v) is 3.31. The first kappa shape index (κ1) is 11.2. The lowest BCUT2D eigenvalue weighted by molar-refractivity contribution is 0.459. The largest absolute Gasteiger partial charge is 0.493 e. The Bertz CT molecular complexity index is 604. The summed E-state index contributed by atoms with van der Waals surface area (Å²) >= 11 is 0. The molecule has 0 fully saturated rings. The lowest BCUT2D eigenvalue weighted by Crippen LogP contribution is -1.93. The number of hydrogen-bond donors (Lipinski definition) is 1. The molecule has 0 radical (unpaired) electrons. The first-order chi connectivity index (χ1) is 8.27. The second-order valence-electron chi connectivity index (χ2n) is 3.31. The van der Waals surface area contributed by atoms with E-state index in [9.17, 15) is 5.11 Å². The third-order valence-corrected chi connectivity index (χ3v) is 2.32. The van der Waals surface area contributed by atoms with E-state index in [4.69, 9.17) is 0 Å². The van der Waals surface area contributed by atoms with Gasteiger partial charge in [-0.1, -0.05) is 6.08 Å². The molecule has 1 N–H and O–H groups in total. The van der Waals surface area contributed by atoms with Crippen LogP contribution in [0, 0.1) is 0 Å². The predicted molar refractivity (Wildman–Crippen MR) is 66.8 cm³/mol. The Labute approximate surface area is 98.6 Å². The van der Waals surface area contributed by atoms with Crippen LogP contribution in [-0.2, 0) is 0 Å². The van der Waals surface area contributed by atoms with Crippen LogP contribution in [0.5, 0.6) is 5.88 Å². The zero-order valence-corrected chi connectivity index (χ0v) is 9.62. The minimum absolute atomic E-state index is 0.0467. The molecule has 0 spiro atoms. The first-order valence-corrected chi connectivity index (χ1v) is 5.22. The Kier molecular flexibility index (Phi) is 3.09. The molecule has 0 saturated heterocycles. The van der Waals surface area contributed by atoms with Crippen LogP contribution in [0.25, 0.3) is 16.6 Å². The van der Waals surface area contributed by atoms with Gasteiger partial charge in [-0.2, -0.15) is 0 Å². The summed E-state index contributed by atoms with van der Waals surface area (Å²) < 4.78 is 0. The average Bonchev–Trinajstić information content (AvgIpc) is 2.36. The molecule has 2 heterocycles. The minimum atomic E-state index is -0.0467. The summed E-state index contributed by atoms with van der Waals surface area (Å²) in [5.41, 5.74) is 1.95. The topological polar surface area (TPSA) is 71.3 Å². The van der Waals surface area contributed by atoms with E-state index in [1.165, 1.54) is 6.33 Å². The maximum atomic E-state index is 9.64. The van der Waals surface area contributed by atoms with E-state index in [1.807, 2.05) is 19.9 Å². The van der Waals surface area contributed by atoms with Gasteiger partial charge in [-0.15, -0.1) is 0 Å². The van der Waals surface area contributed by atoms with Crippen molar-refractivity contribution in [3.8, 4) is 5.88 Å². The van der Waals surface area contributed by atoms with Crippen molar-refractivity contribution in [3.63, 3.8) is 0 Å². The summed E-state index contributed by atoms with van der Waals surface area (Å²) in [5, 5.41) is 10.2. The molecule has 0 unspecified atom stereocenters. The third kappa shape index (κ3) is 1.99. The van der Waals surface area contributed by atoms with Gasteiger partial charge >= 0.3 is 0 Å². The number of rotatable bonds is 2. The maximum absolute atomic E-state index is 9.64. The molecule has 17 heavy (non-hydrogen) atoms. The Balaban J connectivity index is 2.74. The lowest BCUT2D eigenvalue weighted by Gasteiger charge is -2.05. The Morgan fingerprint density at radius 3 is 2.82 bits per heavy atom. The standard InChI is InChI=1S/C12H12N4O/c1-3-9(13-4-2)11-10-8(5-6-14-11)12(17)16-7-15-10/h3-7H,1-2H3,(H,15,16,17)/b9-3-,13-4-. The molecule has 0 saturated carbocycles. The zero-order valence-electron chi connectivity index (χ0n) is 9.62. The van der Waals surface area contributed by atoms with Gasteiger partial charge in [0.05, 0.1) is 11.1 Å². The van der Waals surface area contributed by atoms with Crippen LogP contribution in [0.1, 0.15) is 19.5 Å². The van der Waals surface area contributed by atoms with Gasteiger partial charge in [0, 0.05) is 12.4 Å². The van der Waals surface area contributed by atoms with E-state index in [-0.39, 0.29) is 5.88 Å². The smallest absolute Gasteiger partial charge is 0.222 e. The van der Waals surface area contributed by atoms with Gasteiger partial charge in [-0.3, -0.25) is 9.98 Å². The molecule has 0 aliphatic rings. The van der Waals surface area contributed by atoms with E-state index in [0.29, 0.717) is 16.6 Å². The highest BCUT2D eigenvalue weighted by Gasteiger charge is 2.10. The number of hydrogen-bond acceptors (Lipinski definition) is 5. The number of aromatic nitrogens is 3. The Morgan fingerprint density at radius 1 is 1.29 bits per heavy atom. The Hall–Kier alpha value is -2.30. The molecule has 0 aromatic carbocycles. The highest BCUT2D eigenvalue weighted by molar-refractivity contribution is 5.92. The summed E-state index contributed by atoms with van der Waals surface area (Å²) in [6.45, 7) is 3.71. The molecule has 0 bridgehead atoms. The molecular formula is C12H12N4O. The van der Waals surface area contributed by atoms with Gasteiger partial charge < -0.3 is 5.11 Å². The van der Waals surface area contributed by atoms with Gasteiger partial charge in [0.2, 0.25) is 5.88 Å². The van der Waals surface area contributed by atoms with Crippen LogP contribution in [0.2, 0.25) is 0 Å². The minimum Gasteiger partial charge on any atom is -0.493 e. The van der Waals surface area contributed by atoms with Crippen molar-refractivity contribution in [2.75, 3.05) is 0 Å². The second kappa shape index (κ2) is 4.69. The molecule has 0 aliphatic heterocycles. The van der Waals surface area contributed by atoms with Crippen molar-refractivity contribution in [3.05, 3.63) is 30.4 Å². The summed E-state index contributed by atoms with van der Waals surface area (Å²) in [6, 6.07) is 1.68. The third-order valence-electron chi connectivity index (χ3n) is 2.32. The summed E-state index contributed by atoms with van der Waals surface area (Å²) in [5.74, 6) is -0.0467. The fraction of sp³-hybridized carbons (Fsp3) is 0.167.